The Bertz CT molecular complexity index is 1060. The molecule has 3 unspecified atom stereocenters. The van der Waals surface area contributed by atoms with Gasteiger partial charge >= 0.3 is 32.0 Å². The molecule has 1 amide bonds. The molecule has 0 bridgehead atoms. The SMILES string of the molecule is CCOCC(Cn1c(=O)n(CC2CO2)c(=O)n(CC2CO2)c1=O)OC(=O)NCCC[Si](OCC)(OCC)OCC. The molecule has 0 spiro atoms. The molecule has 1 aromatic heterocycles. The molecule has 0 saturated carbocycles. The van der Waals surface area contributed by atoms with E-state index in [0.717, 1.165) is 13.7 Å². The van der Waals surface area contributed by atoms with Crippen molar-refractivity contribution in [3.63, 3.8) is 0 Å². The Morgan fingerprint density at radius 1 is 0.875 bits per heavy atom. The highest BCUT2D eigenvalue weighted by Gasteiger charge is 2.39. The van der Waals surface area contributed by atoms with Crippen LogP contribution >= 0.6 is 0 Å². The van der Waals surface area contributed by atoms with Crippen molar-refractivity contribution >= 4 is 14.9 Å². The summed E-state index contributed by atoms with van der Waals surface area (Å²) in [5.41, 5.74) is -2.32. The summed E-state index contributed by atoms with van der Waals surface area (Å²) in [5, 5.41) is 2.68. The third kappa shape index (κ3) is 9.36. The Balaban J connectivity index is 1.68. The van der Waals surface area contributed by atoms with Crippen LogP contribution in [0.1, 0.15) is 34.1 Å². The number of hydrogen-bond donors (Lipinski definition) is 1. The Labute approximate surface area is 233 Å². The van der Waals surface area contributed by atoms with Crippen LogP contribution in [0.15, 0.2) is 14.4 Å². The summed E-state index contributed by atoms with van der Waals surface area (Å²) in [7, 11) is -2.84. The maximum atomic E-state index is 13.2. The molecule has 0 radical (unpaired) electrons. The fourth-order valence-corrected chi connectivity index (χ4v) is 6.78. The van der Waals surface area contributed by atoms with Crippen molar-refractivity contribution in [2.75, 3.05) is 52.8 Å². The number of ether oxygens (including phenoxy) is 4. The molecule has 1 aromatic rings. The molecule has 3 heterocycles. The van der Waals surface area contributed by atoms with Gasteiger partial charge in [-0.05, 0) is 34.1 Å². The Hall–Kier alpha value is -2.34. The number of epoxide rings is 2. The van der Waals surface area contributed by atoms with Gasteiger partial charge in [-0.2, -0.15) is 0 Å². The number of amides is 1. The number of rotatable bonds is 20. The van der Waals surface area contributed by atoms with E-state index in [2.05, 4.69) is 5.32 Å². The first kappa shape index (κ1) is 32.2. The van der Waals surface area contributed by atoms with Crippen LogP contribution < -0.4 is 22.4 Å². The molecule has 3 atom stereocenters. The van der Waals surface area contributed by atoms with E-state index in [4.69, 9.17) is 32.2 Å². The van der Waals surface area contributed by atoms with E-state index in [1.54, 1.807) is 6.92 Å². The van der Waals surface area contributed by atoms with Crippen LogP contribution in [0.2, 0.25) is 6.04 Å². The van der Waals surface area contributed by atoms with Crippen molar-refractivity contribution in [1.29, 1.82) is 0 Å². The van der Waals surface area contributed by atoms with Gasteiger partial charge in [-0.3, -0.25) is 0 Å². The van der Waals surface area contributed by atoms with Crippen LogP contribution in [0.5, 0.6) is 0 Å². The van der Waals surface area contributed by atoms with E-state index in [-0.39, 0.29) is 45.0 Å². The van der Waals surface area contributed by atoms with Gasteiger partial charge in [0, 0.05) is 39.0 Å². The number of alkyl carbamates (subject to hydrolysis) is 1. The normalized spacial score (nSPS) is 18.9. The Morgan fingerprint density at radius 3 is 1.82 bits per heavy atom. The van der Waals surface area contributed by atoms with Crippen LogP contribution in [0.4, 0.5) is 4.79 Å². The first-order valence-corrected chi connectivity index (χ1v) is 15.8. The highest BCUT2D eigenvalue weighted by Crippen LogP contribution is 2.18. The number of hydrogen-bond acceptors (Lipinski definition) is 11. The van der Waals surface area contributed by atoms with Crippen LogP contribution in [-0.4, -0.2) is 99.7 Å². The van der Waals surface area contributed by atoms with Gasteiger partial charge in [-0.25, -0.2) is 32.9 Å². The highest BCUT2D eigenvalue weighted by atomic mass is 28.4. The summed E-state index contributed by atoms with van der Waals surface area (Å²) >= 11 is 0. The van der Waals surface area contributed by atoms with Crippen molar-refractivity contribution < 1.29 is 37.0 Å². The molecular weight excluding hydrogens is 548 g/mol. The van der Waals surface area contributed by atoms with E-state index in [0.29, 0.717) is 52.1 Å². The summed E-state index contributed by atoms with van der Waals surface area (Å²) < 4.78 is 41.7. The van der Waals surface area contributed by atoms with Crippen LogP contribution in [0, 0.1) is 0 Å². The number of carbonyl (C=O) groups excluding carboxylic acids is 1. The van der Waals surface area contributed by atoms with Gasteiger partial charge in [0.2, 0.25) is 0 Å². The molecule has 2 aliphatic rings. The van der Waals surface area contributed by atoms with E-state index >= 15 is 0 Å². The molecule has 3 rings (SSSR count). The Morgan fingerprint density at radius 2 is 1.38 bits per heavy atom. The number of nitrogens with zero attached hydrogens (tertiary/aromatic N) is 3. The predicted octanol–water partition coefficient (Wildman–Crippen LogP) is -0.461. The molecule has 0 aromatic carbocycles. The first-order valence-electron chi connectivity index (χ1n) is 13.9. The van der Waals surface area contributed by atoms with E-state index < -0.39 is 38.1 Å². The monoisotopic (exact) mass is 590 g/mol. The van der Waals surface area contributed by atoms with Gasteiger partial charge in [0.25, 0.3) is 0 Å². The number of aromatic nitrogens is 3. The zero-order valence-corrected chi connectivity index (χ0v) is 24.8. The molecular formula is C24H42N4O11Si. The number of nitrogens with one attached hydrogen (secondary N) is 1. The maximum absolute atomic E-state index is 13.2. The molecule has 40 heavy (non-hydrogen) atoms. The minimum Gasteiger partial charge on any atom is -0.442 e. The lowest BCUT2D eigenvalue weighted by atomic mass is 10.3. The number of carbonyl (C=O) groups is 1. The standard InChI is InChI=1S/C24H42N4O11Si/c1-5-33-15-20(39-21(29)25-10-9-11-40(36-6-2,37-7-3)38-8-4)14-28-23(31)26(12-18-16-34-18)22(30)27(24(28)32)13-19-17-35-19/h18-20H,5-17H2,1-4H3,(H,25,29). The molecule has 2 saturated heterocycles. The maximum Gasteiger partial charge on any atom is 0.500 e. The fourth-order valence-electron chi connectivity index (χ4n) is 4.17. The second kappa shape index (κ2) is 15.6. The topological polar surface area (TPSA) is 166 Å². The lowest BCUT2D eigenvalue weighted by Gasteiger charge is -2.28. The zero-order valence-electron chi connectivity index (χ0n) is 23.8. The lowest BCUT2D eigenvalue weighted by Crippen LogP contribution is -2.56. The fraction of sp³-hybridized carbons (Fsp3) is 0.833. The molecule has 2 fully saturated rings. The zero-order chi connectivity index (χ0) is 29.1. The van der Waals surface area contributed by atoms with Crippen molar-refractivity contribution in [2.45, 2.75) is 78.1 Å². The molecule has 2 aliphatic heterocycles. The average molecular weight is 591 g/mol. The smallest absolute Gasteiger partial charge is 0.442 e. The lowest BCUT2D eigenvalue weighted by molar-refractivity contribution is 0.0141. The van der Waals surface area contributed by atoms with Gasteiger partial charge < -0.3 is 37.5 Å². The highest BCUT2D eigenvalue weighted by molar-refractivity contribution is 6.60. The van der Waals surface area contributed by atoms with E-state index in [9.17, 15) is 19.2 Å². The molecule has 228 valence electrons. The summed E-state index contributed by atoms with van der Waals surface area (Å²) in [5.74, 6) is 0. The van der Waals surface area contributed by atoms with Crippen molar-refractivity contribution in [3.05, 3.63) is 31.5 Å². The second-order valence-corrected chi connectivity index (χ2v) is 12.0. The molecule has 0 aliphatic carbocycles. The third-order valence-electron chi connectivity index (χ3n) is 6.15. The van der Waals surface area contributed by atoms with Gasteiger partial charge in [-0.15, -0.1) is 0 Å². The second-order valence-electron chi connectivity index (χ2n) is 9.29. The Kier molecular flexibility index (Phi) is 12.5. The van der Waals surface area contributed by atoms with Crippen LogP contribution in [0.25, 0.3) is 0 Å². The summed E-state index contributed by atoms with van der Waals surface area (Å²) in [6.07, 6.45) is -1.71. The van der Waals surface area contributed by atoms with Crippen LogP contribution in [0.3, 0.4) is 0 Å². The minimum absolute atomic E-state index is 0.0248. The minimum atomic E-state index is -2.84. The average Bonchev–Trinajstić information content (AvgIpc) is 3.85. The van der Waals surface area contributed by atoms with Crippen LogP contribution in [-0.2, 0) is 51.9 Å². The largest absolute Gasteiger partial charge is 0.500 e. The quantitative estimate of drug-likeness (QED) is 0.119. The van der Waals surface area contributed by atoms with Gasteiger partial charge in [0.15, 0.2) is 0 Å². The molecule has 1 N–H and O–H groups in total. The van der Waals surface area contributed by atoms with Crippen molar-refractivity contribution in [1.82, 2.24) is 19.0 Å². The first-order chi connectivity index (χ1) is 19.3. The van der Waals surface area contributed by atoms with Gasteiger partial charge in [0.05, 0.1) is 51.7 Å². The predicted molar refractivity (Wildman–Crippen MR) is 144 cm³/mol. The van der Waals surface area contributed by atoms with E-state index in [1.807, 2.05) is 20.8 Å². The van der Waals surface area contributed by atoms with E-state index in [1.165, 1.54) is 0 Å². The third-order valence-corrected chi connectivity index (χ3v) is 9.30. The molecule has 15 nitrogen and oxygen atoms in total. The summed E-state index contributed by atoms with van der Waals surface area (Å²) in [6.45, 7) is 9.91. The van der Waals surface area contributed by atoms with Gasteiger partial charge in [-0.1, -0.05) is 0 Å². The van der Waals surface area contributed by atoms with Crippen molar-refractivity contribution in [2.24, 2.45) is 0 Å². The summed E-state index contributed by atoms with van der Waals surface area (Å²) in [6, 6.07) is 0.511. The van der Waals surface area contributed by atoms with Gasteiger partial charge in [0.1, 0.15) is 6.10 Å². The summed E-state index contributed by atoms with van der Waals surface area (Å²) in [4.78, 5) is 51.9. The molecule has 16 heteroatoms. The van der Waals surface area contributed by atoms with Crippen molar-refractivity contribution in [3.8, 4) is 0 Å².